The number of imidazole rings is 1. The Hall–Kier alpha value is -6.14. The van der Waals surface area contributed by atoms with Crippen LogP contribution in [0.2, 0.25) is 5.02 Å². The number of nitrogens with zero attached hydrogens (tertiary/aromatic N) is 4. The van der Waals surface area contributed by atoms with Gasteiger partial charge in [-0.1, -0.05) is 54.9 Å². The van der Waals surface area contributed by atoms with Crippen molar-refractivity contribution in [3.63, 3.8) is 0 Å². The van der Waals surface area contributed by atoms with Gasteiger partial charge in [0.2, 0.25) is 23.6 Å². The summed E-state index contributed by atoms with van der Waals surface area (Å²) in [4.78, 5) is 69.5. The molecule has 11 rings (SSSR count). The molecule has 15 nitrogen and oxygen atoms in total. The minimum absolute atomic E-state index is 0.0495. The lowest BCUT2D eigenvalue weighted by atomic mass is 9.59. The standard InChI is InChI=1S/C58H66ClF2N7O8/c1-33-48-46(29-41(60)51(59)50(48)49-40(53(62)71)13-16-45(52(49)61)75-27-26-69)76-58(33,37-6-4-3-5-7-37)32-63-38-11-8-35(9-12-38)55(73)67-24-20-57(21-25-67)30-39(31-57)66-22-18-34(19-23-66)36-10-14-42-44(28-36)65(2)56(74)68(42)43-15-17-47(70)64-54(43)72/h3-7,10,13-14,16,28-29,33-35,38-39,43,63,69H,8-9,11-12,15,17-27,30-32H2,1-2H3,(H2,62,71)(H,64,70,72)/t33-,35?,38?,43?,58-/m0/s1. The number of amides is 4. The zero-order chi connectivity index (χ0) is 53.2. The highest BCUT2D eigenvalue weighted by Gasteiger charge is 2.52. The van der Waals surface area contributed by atoms with Gasteiger partial charge in [-0.3, -0.25) is 33.6 Å². The molecule has 18 heteroatoms. The molecule has 1 aromatic heterocycles. The number of hydrogen-bond donors (Lipinski definition) is 4. The maximum Gasteiger partial charge on any atom is 0.329 e. The van der Waals surface area contributed by atoms with Crippen molar-refractivity contribution in [3.8, 4) is 22.6 Å². The molecule has 402 valence electrons. The number of imide groups is 1. The molecule has 4 aliphatic heterocycles. The molecule has 1 spiro atoms. The van der Waals surface area contributed by atoms with E-state index >= 15 is 8.78 Å². The Bertz CT molecular complexity index is 3150. The fourth-order valence-electron chi connectivity index (χ4n) is 13.9. The lowest BCUT2D eigenvalue weighted by molar-refractivity contribution is -0.141. The number of aliphatic hydroxyl groups excluding tert-OH is 1. The monoisotopic (exact) mass is 1060 g/mol. The molecule has 6 aliphatic rings. The van der Waals surface area contributed by atoms with Crippen molar-refractivity contribution in [2.75, 3.05) is 45.9 Å². The Labute approximate surface area is 445 Å². The molecular formula is C58H66ClF2N7O8. The molecule has 0 bridgehead atoms. The molecule has 3 atom stereocenters. The summed E-state index contributed by atoms with van der Waals surface area (Å²) < 4.78 is 47.8. The van der Waals surface area contributed by atoms with Crippen molar-refractivity contribution < 1.29 is 42.5 Å². The maximum absolute atomic E-state index is 16.5. The molecule has 5 heterocycles. The predicted molar refractivity (Wildman–Crippen MR) is 282 cm³/mol. The summed E-state index contributed by atoms with van der Waals surface area (Å²) in [5.74, 6) is -3.57. The first-order valence-electron chi connectivity index (χ1n) is 27.0. The molecule has 2 aliphatic carbocycles. The van der Waals surface area contributed by atoms with Gasteiger partial charge in [0.15, 0.2) is 17.2 Å². The number of rotatable bonds is 13. The van der Waals surface area contributed by atoms with Crippen LogP contribution in [0.3, 0.4) is 0 Å². The number of aliphatic hydroxyl groups is 1. The first-order valence-corrected chi connectivity index (χ1v) is 27.4. The summed E-state index contributed by atoms with van der Waals surface area (Å²) in [5, 5.41) is 15.1. The van der Waals surface area contributed by atoms with E-state index in [9.17, 15) is 29.1 Å². The number of nitrogens with one attached hydrogen (secondary N) is 2. The smallest absolute Gasteiger partial charge is 0.329 e. The van der Waals surface area contributed by atoms with Gasteiger partial charge in [0, 0.05) is 79.8 Å². The minimum atomic E-state index is -1.10. The highest BCUT2D eigenvalue weighted by molar-refractivity contribution is 6.34. The molecule has 1 unspecified atom stereocenters. The molecule has 5 fully saturated rings. The van der Waals surface area contributed by atoms with Gasteiger partial charge >= 0.3 is 5.69 Å². The number of primary amides is 1. The first-order chi connectivity index (χ1) is 36.6. The average Bonchev–Trinajstić information content (AvgIpc) is 3.87. The summed E-state index contributed by atoms with van der Waals surface area (Å²) in [6, 6.07) is 19.4. The second kappa shape index (κ2) is 20.7. The number of nitrogens with two attached hydrogens (primary N) is 1. The van der Waals surface area contributed by atoms with E-state index in [1.165, 1.54) is 41.2 Å². The molecule has 5 N–H and O–H groups in total. The van der Waals surface area contributed by atoms with Crippen LogP contribution in [0.5, 0.6) is 11.5 Å². The van der Waals surface area contributed by atoms with Crippen LogP contribution in [-0.4, -0.2) is 106 Å². The van der Waals surface area contributed by atoms with Gasteiger partial charge in [0.25, 0.3) is 0 Å². The van der Waals surface area contributed by atoms with E-state index in [0.29, 0.717) is 36.0 Å². The summed E-state index contributed by atoms with van der Waals surface area (Å²) in [6.45, 7) is 5.23. The number of halogens is 3. The number of piperidine rings is 3. The van der Waals surface area contributed by atoms with Gasteiger partial charge in [-0.05, 0) is 130 Å². The topological polar surface area (TPSA) is 190 Å². The van der Waals surface area contributed by atoms with E-state index < -0.39 is 46.0 Å². The lowest BCUT2D eigenvalue weighted by Crippen LogP contribution is -2.57. The van der Waals surface area contributed by atoms with Crippen molar-refractivity contribution in [1.82, 2.24) is 29.6 Å². The van der Waals surface area contributed by atoms with E-state index in [0.717, 1.165) is 88.6 Å². The third kappa shape index (κ3) is 9.17. The molecule has 4 aromatic carbocycles. The summed E-state index contributed by atoms with van der Waals surface area (Å²) >= 11 is 6.74. The zero-order valence-corrected chi connectivity index (χ0v) is 43.8. The Kier molecular flexibility index (Phi) is 14.1. The largest absolute Gasteiger partial charge is 0.488 e. The lowest BCUT2D eigenvalue weighted by Gasteiger charge is -2.56. The number of fused-ring (bicyclic) bond motifs is 2. The minimum Gasteiger partial charge on any atom is -0.488 e. The van der Waals surface area contributed by atoms with Crippen LogP contribution in [0.25, 0.3) is 22.2 Å². The number of aromatic nitrogens is 2. The van der Waals surface area contributed by atoms with Crippen molar-refractivity contribution in [2.45, 2.75) is 120 Å². The average molecular weight is 1060 g/mol. The summed E-state index contributed by atoms with van der Waals surface area (Å²) in [7, 11) is 1.74. The summed E-state index contributed by atoms with van der Waals surface area (Å²) in [6.07, 6.45) is 10.0. The van der Waals surface area contributed by atoms with Crippen molar-refractivity contribution >= 4 is 46.3 Å². The third-order valence-corrected chi connectivity index (χ3v) is 18.6. The SMILES string of the molecule is C[C@H]1c2c(cc(F)c(Cl)c2-c2c(C(N)=O)ccc(OCCO)c2F)O[C@]1(CNC1CCC(C(=O)N2CCC3(CC2)CC(N2CCC(c4ccc5c(c4)n(C)c(=O)n5C4CCC(=O)NC4=O)CC2)C3)CC1)c1ccccc1. The molecule has 76 heavy (non-hydrogen) atoms. The van der Waals surface area contributed by atoms with E-state index in [2.05, 4.69) is 32.6 Å². The van der Waals surface area contributed by atoms with Crippen molar-refractivity contribution in [1.29, 1.82) is 0 Å². The number of likely N-dealkylation sites (tertiary alicyclic amines) is 2. The molecular weight excluding hydrogens is 996 g/mol. The van der Waals surface area contributed by atoms with Crippen molar-refractivity contribution in [3.05, 3.63) is 116 Å². The van der Waals surface area contributed by atoms with E-state index in [4.69, 9.17) is 26.8 Å². The molecule has 5 aromatic rings. The molecule has 4 amide bonds. The van der Waals surface area contributed by atoms with E-state index in [1.807, 2.05) is 43.3 Å². The van der Waals surface area contributed by atoms with Gasteiger partial charge in [-0.25, -0.2) is 13.6 Å². The number of hydrogen-bond acceptors (Lipinski definition) is 10. The van der Waals surface area contributed by atoms with Gasteiger partial charge in [-0.2, -0.15) is 0 Å². The van der Waals surface area contributed by atoms with Gasteiger partial charge < -0.3 is 35.4 Å². The molecule has 2 saturated carbocycles. The van der Waals surface area contributed by atoms with Crippen LogP contribution in [-0.2, 0) is 27.0 Å². The number of aryl methyl sites for hydroxylation is 1. The molecule has 3 saturated heterocycles. The van der Waals surface area contributed by atoms with Gasteiger partial charge in [0.1, 0.15) is 24.2 Å². The van der Waals surface area contributed by atoms with Crippen LogP contribution in [0.4, 0.5) is 8.78 Å². The second-order valence-corrected chi connectivity index (χ2v) is 22.7. The van der Waals surface area contributed by atoms with Crippen LogP contribution in [0.15, 0.2) is 71.5 Å². The zero-order valence-electron chi connectivity index (χ0n) is 43.1. The normalized spacial score (nSPS) is 25.1. The van der Waals surface area contributed by atoms with Gasteiger partial charge in [-0.15, -0.1) is 0 Å². The Morgan fingerprint density at radius 3 is 2.32 bits per heavy atom. The third-order valence-electron chi connectivity index (χ3n) is 18.2. The quantitative estimate of drug-likeness (QED) is 0.0856. The molecule has 0 radical (unpaired) electrons. The van der Waals surface area contributed by atoms with E-state index in [-0.39, 0.29) is 82.7 Å². The number of carbonyl (C=O) groups is 4. The number of benzene rings is 4. The fourth-order valence-corrected chi connectivity index (χ4v) is 14.1. The predicted octanol–water partition coefficient (Wildman–Crippen LogP) is 7.58. The Morgan fingerprint density at radius 1 is 0.908 bits per heavy atom. The Morgan fingerprint density at radius 2 is 1.63 bits per heavy atom. The number of ether oxygens (including phenoxy) is 2. The van der Waals surface area contributed by atoms with Crippen molar-refractivity contribution in [2.24, 2.45) is 24.1 Å². The second-order valence-electron chi connectivity index (χ2n) is 22.3. The summed E-state index contributed by atoms with van der Waals surface area (Å²) in [5.41, 5.74) is 8.07. The fraction of sp³-hybridized carbons (Fsp3) is 0.500. The van der Waals surface area contributed by atoms with Crippen LogP contribution >= 0.6 is 11.6 Å². The van der Waals surface area contributed by atoms with Crippen LogP contribution < -0.4 is 31.5 Å². The van der Waals surface area contributed by atoms with Crippen LogP contribution in [0, 0.1) is 23.0 Å². The highest BCUT2D eigenvalue weighted by atomic mass is 35.5. The Balaban J connectivity index is 0.683. The van der Waals surface area contributed by atoms with Crippen LogP contribution in [0.1, 0.15) is 129 Å². The first kappa shape index (κ1) is 51.9. The maximum atomic E-state index is 16.5. The number of carbonyl (C=O) groups excluding carboxylic acids is 4. The highest BCUT2D eigenvalue weighted by Crippen LogP contribution is 2.57. The van der Waals surface area contributed by atoms with Gasteiger partial charge in [0.05, 0.1) is 28.2 Å². The van der Waals surface area contributed by atoms with E-state index in [1.54, 1.807) is 11.6 Å².